The summed E-state index contributed by atoms with van der Waals surface area (Å²) in [6.45, 7) is 20.4. The van der Waals surface area contributed by atoms with Crippen LogP contribution in [0.15, 0.2) is 0 Å². The molecular formula is C20H45FN3P. The number of hydrogen-bond acceptors (Lipinski definition) is 3. The minimum Gasteiger partial charge on any atom is -0.324 e. The minimum atomic E-state index is -0.817. The van der Waals surface area contributed by atoms with Crippen LogP contribution in [0.5, 0.6) is 0 Å². The molecular weight excluding hydrogens is 332 g/mol. The van der Waals surface area contributed by atoms with Gasteiger partial charge in [-0.15, -0.1) is 9.24 Å². The lowest BCUT2D eigenvalue weighted by Gasteiger charge is -2.18. The Morgan fingerprint density at radius 1 is 1.08 bits per heavy atom. The van der Waals surface area contributed by atoms with Crippen LogP contribution in [0.2, 0.25) is 0 Å². The topological polar surface area (TPSA) is 32.5 Å². The van der Waals surface area contributed by atoms with Crippen LogP contribution < -0.4 is 5.73 Å². The van der Waals surface area contributed by atoms with E-state index in [-0.39, 0.29) is 6.04 Å². The zero-order chi connectivity index (χ0) is 19.6. The summed E-state index contributed by atoms with van der Waals surface area (Å²) < 4.78 is 12.8. The smallest absolute Gasteiger partial charge is 0.129 e. The maximum Gasteiger partial charge on any atom is 0.129 e. The number of rotatable bonds is 4. The molecule has 3 nitrogen and oxygen atoms in total. The van der Waals surface area contributed by atoms with Gasteiger partial charge in [0.25, 0.3) is 0 Å². The van der Waals surface area contributed by atoms with Crippen LogP contribution in [0.4, 0.5) is 4.39 Å². The number of nitrogens with two attached hydrogens (primary N) is 1. The van der Waals surface area contributed by atoms with Gasteiger partial charge >= 0.3 is 0 Å². The average molecular weight is 378 g/mol. The fourth-order valence-corrected chi connectivity index (χ4v) is 3.59. The predicted molar refractivity (Wildman–Crippen MR) is 114 cm³/mol. The molecule has 152 valence electrons. The normalized spacial score (nSPS) is 30.2. The predicted octanol–water partition coefficient (Wildman–Crippen LogP) is 4.02. The fraction of sp³-hybridized carbons (Fsp3) is 1.00. The quantitative estimate of drug-likeness (QED) is 0.751. The maximum absolute atomic E-state index is 12.8. The van der Waals surface area contributed by atoms with E-state index < -0.39 is 6.17 Å². The molecule has 2 heterocycles. The third-order valence-corrected chi connectivity index (χ3v) is 5.98. The molecule has 2 N–H and O–H groups in total. The van der Waals surface area contributed by atoms with E-state index in [1.165, 1.54) is 32.5 Å². The minimum absolute atomic E-state index is 0.262. The summed E-state index contributed by atoms with van der Waals surface area (Å²) in [6.07, 6.45) is 1.89. The van der Waals surface area contributed by atoms with Gasteiger partial charge in [0.2, 0.25) is 0 Å². The van der Waals surface area contributed by atoms with Crippen LogP contribution in [0.3, 0.4) is 0 Å². The summed E-state index contributed by atoms with van der Waals surface area (Å²) in [4.78, 5) is 4.57. The van der Waals surface area contributed by atoms with Crippen molar-refractivity contribution in [1.82, 2.24) is 9.80 Å². The molecule has 0 aliphatic carbocycles. The fourth-order valence-electron chi connectivity index (χ4n) is 3.17. The van der Waals surface area contributed by atoms with Gasteiger partial charge in [0.05, 0.1) is 0 Å². The Bertz CT molecular complexity index is 308. The standard InChI is InChI=1S/C7H15FN2.C7H16NP.C6H14/c1-5(2)10-3-6(8)7(9)4-10;1-3-8-4-6(2)7(9)5-8;1-4-5-6(2)3/h5-7H,3-4,9H2,1-2H3;6-7H,3-5,9H2,1-2H3;6H,4-5H2,1-3H3. The van der Waals surface area contributed by atoms with E-state index in [0.29, 0.717) is 19.1 Å². The highest BCUT2D eigenvalue weighted by Crippen LogP contribution is 2.22. The molecule has 2 rings (SSSR count). The average Bonchev–Trinajstić information content (AvgIpc) is 3.03. The lowest BCUT2D eigenvalue weighted by molar-refractivity contribution is 0.245. The highest BCUT2D eigenvalue weighted by Gasteiger charge is 2.30. The van der Waals surface area contributed by atoms with E-state index in [4.69, 9.17) is 5.73 Å². The van der Waals surface area contributed by atoms with Crippen LogP contribution in [0, 0.1) is 11.8 Å². The zero-order valence-corrected chi connectivity index (χ0v) is 19.0. The van der Waals surface area contributed by atoms with Crippen LogP contribution in [0.25, 0.3) is 0 Å². The summed E-state index contributed by atoms with van der Waals surface area (Å²) in [5.41, 5.74) is 6.33. The Kier molecular flexibility index (Phi) is 13.5. The summed E-state index contributed by atoms with van der Waals surface area (Å²) in [7, 11) is 2.92. The van der Waals surface area contributed by atoms with Gasteiger partial charge in [-0.1, -0.05) is 47.5 Å². The molecule has 25 heavy (non-hydrogen) atoms. The van der Waals surface area contributed by atoms with Gasteiger partial charge in [-0.25, -0.2) is 4.39 Å². The van der Waals surface area contributed by atoms with E-state index in [1.54, 1.807) is 0 Å². The molecule has 0 aromatic rings. The van der Waals surface area contributed by atoms with Crippen molar-refractivity contribution >= 4 is 9.24 Å². The first kappa shape index (κ1) is 25.2. The Labute approximate surface area is 159 Å². The molecule has 5 atom stereocenters. The molecule has 2 aliphatic rings. The summed E-state index contributed by atoms with van der Waals surface area (Å²) in [5.74, 6) is 1.78. The van der Waals surface area contributed by atoms with E-state index in [0.717, 1.165) is 17.5 Å². The summed E-state index contributed by atoms with van der Waals surface area (Å²) in [6, 6.07) is 0.161. The van der Waals surface area contributed by atoms with Gasteiger partial charge < -0.3 is 10.6 Å². The van der Waals surface area contributed by atoms with E-state index in [9.17, 15) is 4.39 Å². The van der Waals surface area contributed by atoms with Gasteiger partial charge in [-0.05, 0) is 37.9 Å². The molecule has 0 saturated carbocycles. The molecule has 0 spiro atoms. The summed E-state index contributed by atoms with van der Waals surface area (Å²) >= 11 is 0. The Morgan fingerprint density at radius 2 is 1.68 bits per heavy atom. The Morgan fingerprint density at radius 3 is 1.84 bits per heavy atom. The molecule has 2 fully saturated rings. The summed E-state index contributed by atoms with van der Waals surface area (Å²) in [5, 5.41) is 0. The molecule has 5 unspecified atom stereocenters. The number of halogens is 1. The van der Waals surface area contributed by atoms with E-state index in [1.807, 2.05) is 0 Å². The molecule has 5 heteroatoms. The van der Waals surface area contributed by atoms with Crippen molar-refractivity contribution in [1.29, 1.82) is 0 Å². The SMILES string of the molecule is CC(C)N1CC(N)C(F)C1.CCCC(C)C.CCN1CC(C)C(P)C1. The van der Waals surface area contributed by atoms with Crippen molar-refractivity contribution < 1.29 is 4.39 Å². The van der Waals surface area contributed by atoms with E-state index in [2.05, 4.69) is 67.5 Å². The molecule has 0 bridgehead atoms. The van der Waals surface area contributed by atoms with Gasteiger partial charge in [0.1, 0.15) is 6.17 Å². The van der Waals surface area contributed by atoms with Crippen molar-refractivity contribution in [2.24, 2.45) is 17.6 Å². The number of likely N-dealkylation sites (tertiary alicyclic amines) is 2. The molecule has 0 radical (unpaired) electrons. The van der Waals surface area contributed by atoms with Gasteiger partial charge in [-0.2, -0.15) is 0 Å². The second-order valence-electron chi connectivity index (χ2n) is 8.40. The highest BCUT2D eigenvalue weighted by molar-refractivity contribution is 7.17. The molecule has 2 saturated heterocycles. The first-order valence-electron chi connectivity index (χ1n) is 10.2. The van der Waals surface area contributed by atoms with Gasteiger partial charge in [-0.3, -0.25) is 4.90 Å². The van der Waals surface area contributed by atoms with Crippen molar-refractivity contribution in [3.05, 3.63) is 0 Å². The second-order valence-corrected chi connectivity index (χ2v) is 9.26. The number of alkyl halides is 1. The number of nitrogens with zero attached hydrogens (tertiary/aromatic N) is 2. The first-order valence-corrected chi connectivity index (χ1v) is 10.9. The molecule has 0 aromatic heterocycles. The van der Waals surface area contributed by atoms with Crippen molar-refractivity contribution in [3.8, 4) is 0 Å². The highest BCUT2D eigenvalue weighted by atomic mass is 31.0. The Hall–Kier alpha value is 0.240. The van der Waals surface area contributed by atoms with Gasteiger partial charge in [0.15, 0.2) is 0 Å². The van der Waals surface area contributed by atoms with Crippen LogP contribution in [-0.4, -0.2) is 66.4 Å². The third kappa shape index (κ3) is 10.9. The first-order chi connectivity index (χ1) is 11.6. The number of hydrogen-bond donors (Lipinski definition) is 1. The van der Waals surface area contributed by atoms with Crippen LogP contribution in [0.1, 0.15) is 61.3 Å². The lowest BCUT2D eigenvalue weighted by Crippen LogP contribution is -2.32. The van der Waals surface area contributed by atoms with Crippen molar-refractivity contribution in [3.63, 3.8) is 0 Å². The molecule has 0 amide bonds. The molecule has 2 aliphatic heterocycles. The van der Waals surface area contributed by atoms with Crippen LogP contribution in [-0.2, 0) is 0 Å². The van der Waals surface area contributed by atoms with Crippen LogP contribution >= 0.6 is 9.24 Å². The van der Waals surface area contributed by atoms with Gasteiger partial charge in [0, 0.05) is 38.3 Å². The Balaban J connectivity index is 0.000000358. The third-order valence-electron chi connectivity index (χ3n) is 5.11. The zero-order valence-electron chi connectivity index (χ0n) is 17.8. The van der Waals surface area contributed by atoms with Crippen molar-refractivity contribution in [2.75, 3.05) is 32.7 Å². The second kappa shape index (κ2) is 13.4. The lowest BCUT2D eigenvalue weighted by atomic mass is 10.1. The maximum atomic E-state index is 12.8. The monoisotopic (exact) mass is 377 g/mol. The molecule has 0 aromatic carbocycles. The van der Waals surface area contributed by atoms with Crippen molar-refractivity contribution in [2.45, 2.75) is 85.2 Å². The van der Waals surface area contributed by atoms with E-state index >= 15 is 0 Å². The largest absolute Gasteiger partial charge is 0.324 e.